The number of thiophene rings is 1. The van der Waals surface area contributed by atoms with Crippen LogP contribution in [0.15, 0.2) is 28.3 Å². The fraction of sp³-hybridized carbons (Fsp3) is 0.429. The van der Waals surface area contributed by atoms with Crippen molar-refractivity contribution >= 4 is 17.2 Å². The Labute approximate surface area is 116 Å². The molecule has 0 spiro atoms. The van der Waals surface area contributed by atoms with E-state index in [1.54, 1.807) is 17.6 Å². The van der Waals surface area contributed by atoms with Crippen LogP contribution in [0.2, 0.25) is 0 Å². The molecule has 5 heteroatoms. The summed E-state index contributed by atoms with van der Waals surface area (Å²) in [5, 5.41) is 6.01. The normalized spacial score (nSPS) is 14.4. The number of fused-ring (bicyclic) bond motifs is 1. The highest BCUT2D eigenvalue weighted by atomic mass is 32.1. The molecule has 4 nitrogen and oxygen atoms in total. The molecule has 0 radical (unpaired) electrons. The summed E-state index contributed by atoms with van der Waals surface area (Å²) in [6.07, 6.45) is 5.00. The maximum absolute atomic E-state index is 12.1. The van der Waals surface area contributed by atoms with Gasteiger partial charge in [0.15, 0.2) is 0 Å². The Hall–Kier alpha value is -1.62. The third kappa shape index (κ3) is 2.87. The van der Waals surface area contributed by atoms with E-state index < -0.39 is 0 Å². The molecule has 19 heavy (non-hydrogen) atoms. The summed E-state index contributed by atoms with van der Waals surface area (Å²) in [6.45, 7) is 1.41. The molecule has 3 rings (SSSR count). The molecule has 3 heterocycles. The van der Waals surface area contributed by atoms with Crippen molar-refractivity contribution in [1.29, 1.82) is 0 Å². The highest BCUT2D eigenvalue weighted by Crippen LogP contribution is 2.19. The lowest BCUT2D eigenvalue weighted by Gasteiger charge is -2.25. The molecule has 0 unspecified atom stereocenters. The number of nitrogens with zero attached hydrogens (tertiary/aromatic N) is 2. The van der Waals surface area contributed by atoms with Crippen molar-refractivity contribution in [2.45, 2.75) is 32.2 Å². The SMILES string of the molecule is O=C(CCCc1cccs1)N1CCc2nocc2C1. The van der Waals surface area contributed by atoms with Crippen LogP contribution in [0.1, 0.15) is 29.0 Å². The third-order valence-electron chi connectivity index (χ3n) is 3.45. The molecule has 2 aromatic rings. The van der Waals surface area contributed by atoms with E-state index in [2.05, 4.69) is 22.7 Å². The van der Waals surface area contributed by atoms with Gasteiger partial charge in [-0.1, -0.05) is 11.2 Å². The topological polar surface area (TPSA) is 46.3 Å². The lowest BCUT2D eigenvalue weighted by Crippen LogP contribution is -2.35. The van der Waals surface area contributed by atoms with Crippen molar-refractivity contribution in [1.82, 2.24) is 10.1 Å². The lowest BCUT2D eigenvalue weighted by atomic mass is 10.1. The van der Waals surface area contributed by atoms with Crippen molar-refractivity contribution in [3.05, 3.63) is 39.9 Å². The number of aromatic nitrogens is 1. The summed E-state index contributed by atoms with van der Waals surface area (Å²) in [6, 6.07) is 4.18. The Morgan fingerprint density at radius 2 is 2.47 bits per heavy atom. The fourth-order valence-corrected chi connectivity index (χ4v) is 3.13. The van der Waals surface area contributed by atoms with Gasteiger partial charge in [-0.3, -0.25) is 4.79 Å². The largest absolute Gasteiger partial charge is 0.364 e. The first-order chi connectivity index (χ1) is 9.33. The molecule has 0 bridgehead atoms. The number of hydrogen-bond donors (Lipinski definition) is 0. The zero-order chi connectivity index (χ0) is 13.1. The van der Waals surface area contributed by atoms with E-state index >= 15 is 0 Å². The van der Waals surface area contributed by atoms with Crippen molar-refractivity contribution in [3.63, 3.8) is 0 Å². The van der Waals surface area contributed by atoms with Gasteiger partial charge < -0.3 is 9.42 Å². The Morgan fingerprint density at radius 3 is 3.32 bits per heavy atom. The molecule has 0 saturated heterocycles. The maximum Gasteiger partial charge on any atom is 0.222 e. The molecule has 1 amide bonds. The summed E-state index contributed by atoms with van der Waals surface area (Å²) in [4.78, 5) is 15.4. The Bertz CT molecular complexity index is 548. The summed E-state index contributed by atoms with van der Waals surface area (Å²) < 4.78 is 4.94. The second kappa shape index (κ2) is 5.57. The van der Waals surface area contributed by atoms with Crippen LogP contribution >= 0.6 is 11.3 Å². The van der Waals surface area contributed by atoms with Crippen molar-refractivity contribution in [3.8, 4) is 0 Å². The van der Waals surface area contributed by atoms with E-state index in [9.17, 15) is 4.79 Å². The standard InChI is InChI=1S/C14H16N2O2S/c17-14(5-1-3-12-4-2-8-19-12)16-7-6-13-11(9-16)10-18-15-13/h2,4,8,10H,1,3,5-7,9H2. The van der Waals surface area contributed by atoms with Gasteiger partial charge in [0.25, 0.3) is 0 Å². The van der Waals surface area contributed by atoms with E-state index in [0.717, 1.165) is 37.1 Å². The monoisotopic (exact) mass is 276 g/mol. The van der Waals surface area contributed by atoms with Gasteiger partial charge in [0.05, 0.1) is 12.2 Å². The van der Waals surface area contributed by atoms with E-state index in [-0.39, 0.29) is 5.91 Å². The predicted molar refractivity (Wildman–Crippen MR) is 72.9 cm³/mol. The van der Waals surface area contributed by atoms with Crippen LogP contribution in [-0.2, 0) is 24.2 Å². The first-order valence-corrected chi connectivity index (χ1v) is 7.43. The van der Waals surface area contributed by atoms with E-state index in [1.165, 1.54) is 4.88 Å². The number of aryl methyl sites for hydroxylation is 1. The summed E-state index contributed by atoms with van der Waals surface area (Å²) >= 11 is 1.76. The Balaban J connectivity index is 1.49. The smallest absolute Gasteiger partial charge is 0.222 e. The van der Waals surface area contributed by atoms with Gasteiger partial charge in [-0.05, 0) is 24.3 Å². The molecule has 0 atom stereocenters. The first-order valence-electron chi connectivity index (χ1n) is 6.55. The van der Waals surface area contributed by atoms with Gasteiger partial charge in [0.1, 0.15) is 6.26 Å². The molecule has 0 fully saturated rings. The van der Waals surface area contributed by atoms with Crippen molar-refractivity contribution in [2.75, 3.05) is 6.54 Å². The van der Waals surface area contributed by atoms with E-state index in [4.69, 9.17) is 4.52 Å². The molecular formula is C14H16N2O2S. The highest BCUT2D eigenvalue weighted by Gasteiger charge is 2.22. The summed E-state index contributed by atoms with van der Waals surface area (Å²) in [7, 11) is 0. The predicted octanol–water partition coefficient (Wildman–Crippen LogP) is 2.64. The van der Waals surface area contributed by atoms with Crippen LogP contribution in [0.5, 0.6) is 0 Å². The van der Waals surface area contributed by atoms with Gasteiger partial charge >= 0.3 is 0 Å². The van der Waals surface area contributed by atoms with Gasteiger partial charge in [-0.15, -0.1) is 11.3 Å². The number of hydrogen-bond acceptors (Lipinski definition) is 4. The molecule has 0 aliphatic carbocycles. The van der Waals surface area contributed by atoms with Crippen LogP contribution in [0.25, 0.3) is 0 Å². The lowest BCUT2D eigenvalue weighted by molar-refractivity contribution is -0.132. The highest BCUT2D eigenvalue weighted by molar-refractivity contribution is 7.09. The second-order valence-electron chi connectivity index (χ2n) is 4.78. The molecule has 0 aromatic carbocycles. The fourth-order valence-electron chi connectivity index (χ4n) is 2.38. The zero-order valence-corrected chi connectivity index (χ0v) is 11.5. The van der Waals surface area contributed by atoms with Crippen LogP contribution in [0, 0.1) is 0 Å². The molecule has 1 aliphatic heterocycles. The number of rotatable bonds is 4. The summed E-state index contributed by atoms with van der Waals surface area (Å²) in [5.41, 5.74) is 2.06. The van der Waals surface area contributed by atoms with Crippen molar-refractivity contribution < 1.29 is 9.32 Å². The Morgan fingerprint density at radius 1 is 1.53 bits per heavy atom. The van der Waals surface area contributed by atoms with E-state index in [0.29, 0.717) is 13.0 Å². The van der Waals surface area contributed by atoms with Gasteiger partial charge in [0, 0.05) is 29.8 Å². The minimum atomic E-state index is 0.239. The molecule has 2 aromatic heterocycles. The van der Waals surface area contributed by atoms with Gasteiger partial charge in [0.2, 0.25) is 5.91 Å². The first kappa shape index (κ1) is 12.4. The van der Waals surface area contributed by atoms with E-state index in [1.807, 2.05) is 4.90 Å². The zero-order valence-electron chi connectivity index (χ0n) is 10.7. The Kier molecular flexibility index (Phi) is 3.64. The molecule has 0 saturated carbocycles. The van der Waals surface area contributed by atoms with Crippen LogP contribution in [0.4, 0.5) is 0 Å². The van der Waals surface area contributed by atoms with Crippen LogP contribution < -0.4 is 0 Å². The average Bonchev–Trinajstić information content (AvgIpc) is 3.08. The molecule has 0 N–H and O–H groups in total. The molecule has 100 valence electrons. The summed E-state index contributed by atoms with van der Waals surface area (Å²) in [5.74, 6) is 0.239. The minimum absolute atomic E-state index is 0.239. The number of carbonyl (C=O) groups excluding carboxylic acids is 1. The number of carbonyl (C=O) groups is 1. The second-order valence-corrected chi connectivity index (χ2v) is 5.82. The minimum Gasteiger partial charge on any atom is -0.364 e. The van der Waals surface area contributed by atoms with Gasteiger partial charge in [-0.2, -0.15) is 0 Å². The maximum atomic E-state index is 12.1. The average molecular weight is 276 g/mol. The quantitative estimate of drug-likeness (QED) is 0.862. The van der Waals surface area contributed by atoms with Crippen molar-refractivity contribution in [2.24, 2.45) is 0 Å². The van der Waals surface area contributed by atoms with Crippen LogP contribution in [-0.4, -0.2) is 22.5 Å². The molecule has 1 aliphatic rings. The van der Waals surface area contributed by atoms with Crippen LogP contribution in [0.3, 0.4) is 0 Å². The third-order valence-corrected chi connectivity index (χ3v) is 4.39. The molecular weight excluding hydrogens is 260 g/mol. The number of amides is 1. The van der Waals surface area contributed by atoms with Gasteiger partial charge in [-0.25, -0.2) is 0 Å².